The van der Waals surface area contributed by atoms with Gasteiger partial charge in [-0.1, -0.05) is 20.8 Å². The summed E-state index contributed by atoms with van der Waals surface area (Å²) in [6, 6.07) is 9.51. The maximum absolute atomic E-state index is 12.8. The lowest BCUT2D eigenvalue weighted by atomic mass is 9.86. The summed E-state index contributed by atoms with van der Waals surface area (Å²) in [5.41, 5.74) is 1.57. The molecule has 3 aromatic rings. The number of amides is 1. The third kappa shape index (κ3) is 9.32. The number of aromatic hydroxyl groups is 1. The molecular weight excluding hydrogens is 506 g/mol. The number of hydrogen-bond donors (Lipinski definition) is 3. The number of benzene rings is 2. The zero-order chi connectivity index (χ0) is 28.3. The molecule has 0 aliphatic heterocycles. The minimum atomic E-state index is -0.514. The van der Waals surface area contributed by atoms with E-state index in [2.05, 4.69) is 15.3 Å². The molecule has 0 fully saturated rings. The van der Waals surface area contributed by atoms with Crippen LogP contribution in [0.25, 0.3) is 11.0 Å². The highest BCUT2D eigenvalue weighted by Crippen LogP contribution is 2.28. The van der Waals surface area contributed by atoms with Crippen LogP contribution in [0.4, 0.5) is 5.95 Å². The van der Waals surface area contributed by atoms with E-state index in [0.717, 1.165) is 0 Å². The largest absolute Gasteiger partial charge is 0.504 e. The number of aromatic amines is 1. The number of carbonyl (C=O) groups is 2. The molecule has 0 bridgehead atoms. The Morgan fingerprint density at radius 1 is 0.872 bits per heavy atom. The molecule has 0 spiro atoms. The number of imidazole rings is 1. The molecule has 1 heterocycles. The molecule has 3 N–H and O–H groups in total. The van der Waals surface area contributed by atoms with Gasteiger partial charge in [-0.05, 0) is 36.4 Å². The second kappa shape index (κ2) is 14.6. The zero-order valence-corrected chi connectivity index (χ0v) is 22.9. The highest BCUT2D eigenvalue weighted by atomic mass is 16.6. The molecule has 0 saturated carbocycles. The van der Waals surface area contributed by atoms with E-state index >= 15 is 0 Å². The Labute approximate surface area is 227 Å². The number of ketones is 1. The van der Waals surface area contributed by atoms with Crippen LogP contribution in [0.5, 0.6) is 11.5 Å². The monoisotopic (exact) mass is 543 g/mol. The first kappa shape index (κ1) is 30.0. The number of fused-ring (bicyclic) bond motifs is 1. The van der Waals surface area contributed by atoms with Gasteiger partial charge in [-0.25, -0.2) is 4.98 Å². The van der Waals surface area contributed by atoms with E-state index in [4.69, 9.17) is 23.7 Å². The number of aromatic nitrogens is 2. The molecule has 3 rings (SSSR count). The van der Waals surface area contributed by atoms with Crippen molar-refractivity contribution < 1.29 is 38.4 Å². The van der Waals surface area contributed by atoms with Crippen LogP contribution in [0, 0.1) is 5.41 Å². The number of anilines is 1. The highest BCUT2D eigenvalue weighted by Gasteiger charge is 2.23. The molecule has 1 amide bonds. The van der Waals surface area contributed by atoms with Crippen LogP contribution in [0.2, 0.25) is 0 Å². The summed E-state index contributed by atoms with van der Waals surface area (Å²) in [6.45, 7) is 8.89. The normalized spacial score (nSPS) is 11.6. The first-order valence-corrected chi connectivity index (χ1v) is 12.7. The summed E-state index contributed by atoms with van der Waals surface area (Å²) in [5.74, 6) is -0.130. The van der Waals surface area contributed by atoms with E-state index < -0.39 is 11.3 Å². The first-order valence-electron chi connectivity index (χ1n) is 12.7. The molecule has 212 valence electrons. The van der Waals surface area contributed by atoms with Crippen molar-refractivity contribution in [2.45, 2.75) is 20.8 Å². The third-order valence-corrected chi connectivity index (χ3v) is 5.54. The lowest BCUT2D eigenvalue weighted by Crippen LogP contribution is -2.19. The van der Waals surface area contributed by atoms with Crippen LogP contribution in [0.3, 0.4) is 0 Å². The van der Waals surface area contributed by atoms with E-state index in [9.17, 15) is 14.7 Å². The molecule has 0 aliphatic rings. The molecule has 0 saturated heterocycles. The number of nitrogens with zero attached hydrogens (tertiary/aromatic N) is 1. The second-order valence-corrected chi connectivity index (χ2v) is 9.71. The van der Waals surface area contributed by atoms with Crippen molar-refractivity contribution in [2.24, 2.45) is 5.41 Å². The van der Waals surface area contributed by atoms with Gasteiger partial charge in [0.05, 0.1) is 57.3 Å². The lowest BCUT2D eigenvalue weighted by Gasteiger charge is -2.16. The summed E-state index contributed by atoms with van der Waals surface area (Å²) in [5, 5.41) is 12.8. The fourth-order valence-electron chi connectivity index (χ4n) is 3.48. The number of nitrogens with one attached hydrogen (secondary N) is 2. The van der Waals surface area contributed by atoms with Crippen LogP contribution >= 0.6 is 0 Å². The molecule has 1 aromatic heterocycles. The predicted octanol–water partition coefficient (Wildman–Crippen LogP) is 3.82. The minimum Gasteiger partial charge on any atom is -0.504 e. The van der Waals surface area contributed by atoms with E-state index in [0.29, 0.717) is 56.2 Å². The molecule has 0 aliphatic carbocycles. The summed E-state index contributed by atoms with van der Waals surface area (Å²) >= 11 is 0. The van der Waals surface area contributed by atoms with Crippen LogP contribution in [0.15, 0.2) is 36.4 Å². The molecule has 0 unspecified atom stereocenters. The minimum absolute atomic E-state index is 0.00728. The maximum atomic E-state index is 12.8. The van der Waals surface area contributed by atoms with Gasteiger partial charge in [0.25, 0.3) is 5.91 Å². The van der Waals surface area contributed by atoms with Gasteiger partial charge in [0.1, 0.15) is 6.61 Å². The summed E-state index contributed by atoms with van der Waals surface area (Å²) < 4.78 is 26.6. The van der Waals surface area contributed by atoms with Crippen molar-refractivity contribution in [3.63, 3.8) is 0 Å². The van der Waals surface area contributed by atoms with Crippen LogP contribution in [-0.4, -0.2) is 86.7 Å². The highest BCUT2D eigenvalue weighted by molar-refractivity contribution is 6.05. The summed E-state index contributed by atoms with van der Waals surface area (Å²) in [6.07, 6.45) is 0. The number of ether oxygens (including phenoxy) is 5. The van der Waals surface area contributed by atoms with Gasteiger partial charge in [-0.2, -0.15) is 0 Å². The number of phenolic OH excluding ortho intramolecular Hbond substituents is 1. The Balaban J connectivity index is 1.46. The van der Waals surface area contributed by atoms with Gasteiger partial charge in [-0.15, -0.1) is 0 Å². The quantitative estimate of drug-likeness (QED) is 0.182. The van der Waals surface area contributed by atoms with Gasteiger partial charge >= 0.3 is 0 Å². The number of H-pyrrole nitrogens is 1. The SMILES string of the molecule is COCCOCCOCCOCCOc1cc(C(=O)Nc2nc3cc(C(=O)C(C)(C)C)ccc3[nH]2)ccc1O. The van der Waals surface area contributed by atoms with Gasteiger partial charge in [0.2, 0.25) is 5.95 Å². The van der Waals surface area contributed by atoms with Crippen molar-refractivity contribution in [3.05, 3.63) is 47.5 Å². The number of hydrogen-bond acceptors (Lipinski definition) is 9. The van der Waals surface area contributed by atoms with Crippen molar-refractivity contribution in [1.29, 1.82) is 0 Å². The Morgan fingerprint density at radius 3 is 2.13 bits per heavy atom. The van der Waals surface area contributed by atoms with Gasteiger partial charge in [-0.3, -0.25) is 14.9 Å². The number of rotatable bonds is 16. The molecular formula is C28H37N3O8. The smallest absolute Gasteiger partial charge is 0.258 e. The van der Waals surface area contributed by atoms with E-state index in [1.807, 2.05) is 20.8 Å². The van der Waals surface area contributed by atoms with E-state index in [-0.39, 0.29) is 42.0 Å². The molecule has 11 heteroatoms. The third-order valence-electron chi connectivity index (χ3n) is 5.54. The predicted molar refractivity (Wildman–Crippen MR) is 146 cm³/mol. The molecule has 0 atom stereocenters. The Kier molecular flexibility index (Phi) is 11.2. The van der Waals surface area contributed by atoms with Crippen molar-refractivity contribution in [1.82, 2.24) is 9.97 Å². The van der Waals surface area contributed by atoms with Crippen LogP contribution in [-0.2, 0) is 18.9 Å². The number of Topliss-reactive ketones (excluding diaryl/α,β-unsaturated/α-hetero) is 1. The Morgan fingerprint density at radius 2 is 1.49 bits per heavy atom. The number of methoxy groups -OCH3 is 1. The van der Waals surface area contributed by atoms with Gasteiger partial charge in [0.15, 0.2) is 17.3 Å². The number of phenols is 1. The van der Waals surface area contributed by atoms with Gasteiger partial charge in [0, 0.05) is 23.7 Å². The van der Waals surface area contributed by atoms with Crippen molar-refractivity contribution in [3.8, 4) is 11.5 Å². The Bertz CT molecular complexity index is 1240. The van der Waals surface area contributed by atoms with E-state index in [1.54, 1.807) is 25.3 Å². The van der Waals surface area contributed by atoms with Crippen LogP contribution < -0.4 is 10.1 Å². The summed E-state index contributed by atoms with van der Waals surface area (Å²) in [4.78, 5) is 32.8. The van der Waals surface area contributed by atoms with Crippen molar-refractivity contribution >= 4 is 28.7 Å². The first-order chi connectivity index (χ1) is 18.7. The van der Waals surface area contributed by atoms with E-state index in [1.165, 1.54) is 18.2 Å². The molecule has 11 nitrogen and oxygen atoms in total. The summed E-state index contributed by atoms with van der Waals surface area (Å²) in [7, 11) is 1.62. The second-order valence-electron chi connectivity index (χ2n) is 9.71. The topological polar surface area (TPSA) is 141 Å². The van der Waals surface area contributed by atoms with Crippen LogP contribution in [0.1, 0.15) is 41.5 Å². The Hall–Kier alpha value is -3.51. The molecule has 39 heavy (non-hydrogen) atoms. The fourth-order valence-corrected chi connectivity index (χ4v) is 3.48. The standard InChI is InChI=1S/C28H37N3O8/c1-28(2,3)25(33)19-5-7-21-22(17-19)30-27(29-21)31-26(34)20-6-8-23(32)24(18-20)39-16-15-38-14-13-37-12-11-36-10-9-35-4/h5-8,17-18,32H,9-16H2,1-4H3,(H2,29,30,31,34). The lowest BCUT2D eigenvalue weighted by molar-refractivity contribution is 0.0000838. The van der Waals surface area contributed by atoms with Gasteiger partial charge < -0.3 is 33.8 Å². The van der Waals surface area contributed by atoms with Crippen molar-refractivity contribution in [2.75, 3.05) is 65.3 Å². The number of carbonyl (C=O) groups excluding carboxylic acids is 2. The maximum Gasteiger partial charge on any atom is 0.258 e. The molecule has 2 aromatic carbocycles. The zero-order valence-electron chi connectivity index (χ0n) is 22.9. The average molecular weight is 544 g/mol. The molecule has 0 radical (unpaired) electrons. The fraction of sp³-hybridized carbons (Fsp3) is 0.464. The average Bonchev–Trinajstić information content (AvgIpc) is 3.30.